The molecule has 0 saturated carbocycles. The number of carbonyl (C=O) groups excluding carboxylic acids is 1. The van der Waals surface area contributed by atoms with Crippen LogP contribution in [0.3, 0.4) is 0 Å². The maximum absolute atomic E-state index is 10.1. The fraction of sp³-hybridized carbons (Fsp3) is 0.400. The number of carbonyl (C=O) groups is 1. The van der Waals surface area contributed by atoms with Gasteiger partial charge >= 0.3 is 0 Å². The number of aliphatic hydroxyl groups is 1. The standard InChI is InChI=1S/C5H9NO2/c1-4(2-3-7)5(6)8/h2-4,7H,1H3,(H2,6,8)/b3-2+. The second kappa shape index (κ2) is 3.07. The van der Waals surface area contributed by atoms with E-state index in [1.807, 2.05) is 0 Å². The normalized spacial score (nSPS) is 14.1. The van der Waals surface area contributed by atoms with Crippen molar-refractivity contribution in [2.45, 2.75) is 6.92 Å². The minimum atomic E-state index is -0.435. The lowest BCUT2D eigenvalue weighted by molar-refractivity contribution is -0.120. The molecule has 0 rings (SSSR count). The van der Waals surface area contributed by atoms with Gasteiger partial charge in [-0.2, -0.15) is 0 Å². The van der Waals surface area contributed by atoms with Gasteiger partial charge in [0.15, 0.2) is 0 Å². The zero-order valence-electron chi connectivity index (χ0n) is 4.66. The Labute approximate surface area is 47.8 Å². The van der Waals surface area contributed by atoms with Gasteiger partial charge in [0, 0.05) is 0 Å². The molecule has 3 nitrogen and oxygen atoms in total. The first kappa shape index (κ1) is 7.01. The zero-order valence-corrected chi connectivity index (χ0v) is 4.66. The van der Waals surface area contributed by atoms with Gasteiger partial charge < -0.3 is 10.8 Å². The van der Waals surface area contributed by atoms with Crippen molar-refractivity contribution >= 4 is 5.91 Å². The van der Waals surface area contributed by atoms with Crippen molar-refractivity contribution in [3.05, 3.63) is 12.3 Å². The van der Waals surface area contributed by atoms with E-state index in [1.165, 1.54) is 6.08 Å². The molecule has 0 aliphatic heterocycles. The molecular weight excluding hydrogens is 106 g/mol. The van der Waals surface area contributed by atoms with E-state index >= 15 is 0 Å². The lowest BCUT2D eigenvalue weighted by Crippen LogP contribution is -2.18. The number of nitrogens with two attached hydrogens (primary N) is 1. The van der Waals surface area contributed by atoms with E-state index < -0.39 is 5.91 Å². The van der Waals surface area contributed by atoms with Crippen LogP contribution in [0.25, 0.3) is 0 Å². The van der Waals surface area contributed by atoms with E-state index in [0.717, 1.165) is 6.26 Å². The predicted octanol–water partition coefficient (Wildman–Crippen LogP) is 0.180. The summed E-state index contributed by atoms with van der Waals surface area (Å²) in [6.07, 6.45) is 2.14. The fourth-order valence-corrected chi connectivity index (χ4v) is 0.224. The van der Waals surface area contributed by atoms with E-state index in [1.54, 1.807) is 6.92 Å². The van der Waals surface area contributed by atoms with Crippen molar-refractivity contribution in [3.63, 3.8) is 0 Å². The monoisotopic (exact) mass is 115 g/mol. The van der Waals surface area contributed by atoms with Gasteiger partial charge in [-0.3, -0.25) is 4.79 Å². The first-order valence-electron chi connectivity index (χ1n) is 2.28. The molecule has 1 unspecified atom stereocenters. The van der Waals surface area contributed by atoms with Crippen LogP contribution in [-0.4, -0.2) is 11.0 Å². The van der Waals surface area contributed by atoms with Crippen molar-refractivity contribution < 1.29 is 9.90 Å². The molecule has 0 aliphatic rings. The van der Waals surface area contributed by atoms with Crippen molar-refractivity contribution in [2.24, 2.45) is 11.7 Å². The summed E-state index contributed by atoms with van der Waals surface area (Å²) in [5, 5.41) is 8.10. The number of rotatable bonds is 2. The van der Waals surface area contributed by atoms with Gasteiger partial charge in [0.25, 0.3) is 0 Å². The molecule has 0 aromatic heterocycles. The number of primary amides is 1. The third-order valence-electron chi connectivity index (χ3n) is 0.824. The van der Waals surface area contributed by atoms with Crippen LogP contribution >= 0.6 is 0 Å². The topological polar surface area (TPSA) is 63.3 Å². The summed E-state index contributed by atoms with van der Waals surface area (Å²) in [7, 11) is 0. The smallest absolute Gasteiger partial charge is 0.224 e. The van der Waals surface area contributed by atoms with E-state index in [2.05, 4.69) is 0 Å². The molecule has 0 spiro atoms. The van der Waals surface area contributed by atoms with Crippen LogP contribution in [0.1, 0.15) is 6.92 Å². The minimum absolute atomic E-state index is 0.375. The van der Waals surface area contributed by atoms with Gasteiger partial charge in [0.05, 0.1) is 12.2 Å². The van der Waals surface area contributed by atoms with Crippen LogP contribution in [0.2, 0.25) is 0 Å². The van der Waals surface area contributed by atoms with E-state index in [-0.39, 0.29) is 5.92 Å². The van der Waals surface area contributed by atoms with Crippen LogP contribution in [-0.2, 0) is 4.79 Å². The van der Waals surface area contributed by atoms with Crippen LogP contribution < -0.4 is 5.73 Å². The summed E-state index contributed by atoms with van der Waals surface area (Å²) in [4.78, 5) is 10.1. The number of hydrogen-bond donors (Lipinski definition) is 2. The third-order valence-corrected chi connectivity index (χ3v) is 0.824. The largest absolute Gasteiger partial charge is 0.516 e. The Balaban J connectivity index is 3.64. The molecule has 1 atom stereocenters. The Bertz CT molecular complexity index is 109. The first-order valence-corrected chi connectivity index (χ1v) is 2.28. The Morgan fingerprint density at radius 2 is 2.38 bits per heavy atom. The summed E-state index contributed by atoms with van der Waals surface area (Å²) >= 11 is 0. The SMILES string of the molecule is CC(/C=C/O)C(N)=O. The molecule has 8 heavy (non-hydrogen) atoms. The summed E-state index contributed by atoms with van der Waals surface area (Å²) < 4.78 is 0. The molecule has 46 valence electrons. The molecule has 3 N–H and O–H groups in total. The van der Waals surface area contributed by atoms with Gasteiger partial charge in [-0.25, -0.2) is 0 Å². The molecule has 0 aliphatic carbocycles. The van der Waals surface area contributed by atoms with Crippen LogP contribution in [0, 0.1) is 5.92 Å². The second-order valence-electron chi connectivity index (χ2n) is 1.53. The van der Waals surface area contributed by atoms with Gasteiger partial charge in [-0.1, -0.05) is 0 Å². The molecule has 0 radical (unpaired) electrons. The Morgan fingerprint density at radius 1 is 1.88 bits per heavy atom. The average molecular weight is 115 g/mol. The summed E-state index contributed by atoms with van der Waals surface area (Å²) in [6.45, 7) is 1.61. The Hall–Kier alpha value is -0.990. The van der Waals surface area contributed by atoms with Crippen LogP contribution in [0.15, 0.2) is 12.3 Å². The summed E-state index contributed by atoms with van der Waals surface area (Å²) in [5.41, 5.74) is 4.82. The van der Waals surface area contributed by atoms with E-state index in [9.17, 15) is 4.79 Å². The highest BCUT2D eigenvalue weighted by molar-refractivity contribution is 5.77. The number of aliphatic hydroxyl groups excluding tert-OH is 1. The maximum atomic E-state index is 10.1. The van der Waals surface area contributed by atoms with Crippen molar-refractivity contribution in [1.29, 1.82) is 0 Å². The minimum Gasteiger partial charge on any atom is -0.516 e. The first-order chi connectivity index (χ1) is 3.68. The van der Waals surface area contributed by atoms with Gasteiger partial charge in [0.2, 0.25) is 5.91 Å². The van der Waals surface area contributed by atoms with Gasteiger partial charge in [-0.05, 0) is 13.0 Å². The van der Waals surface area contributed by atoms with E-state index in [4.69, 9.17) is 10.8 Å². The fourth-order valence-electron chi connectivity index (χ4n) is 0.224. The predicted molar refractivity (Wildman–Crippen MR) is 30.1 cm³/mol. The molecule has 0 aromatic rings. The molecule has 3 heteroatoms. The Morgan fingerprint density at radius 3 is 2.50 bits per heavy atom. The zero-order chi connectivity index (χ0) is 6.57. The molecule has 0 bridgehead atoms. The number of hydrogen-bond acceptors (Lipinski definition) is 2. The third kappa shape index (κ3) is 2.23. The summed E-state index contributed by atoms with van der Waals surface area (Å²) in [6, 6.07) is 0. The quantitative estimate of drug-likeness (QED) is 0.504. The lowest BCUT2D eigenvalue weighted by Gasteiger charge is -1.94. The highest BCUT2D eigenvalue weighted by Crippen LogP contribution is 1.92. The van der Waals surface area contributed by atoms with Gasteiger partial charge in [-0.15, -0.1) is 0 Å². The molecule has 0 heterocycles. The van der Waals surface area contributed by atoms with Crippen molar-refractivity contribution in [2.75, 3.05) is 0 Å². The molecule has 0 saturated heterocycles. The maximum Gasteiger partial charge on any atom is 0.224 e. The molecule has 1 amide bonds. The lowest BCUT2D eigenvalue weighted by atomic mass is 10.2. The highest BCUT2D eigenvalue weighted by Gasteiger charge is 2.01. The van der Waals surface area contributed by atoms with Crippen LogP contribution in [0.4, 0.5) is 0 Å². The average Bonchev–Trinajstić information content (AvgIpc) is 1.67. The van der Waals surface area contributed by atoms with E-state index in [0.29, 0.717) is 0 Å². The molecule has 0 aromatic carbocycles. The molecule has 0 fully saturated rings. The number of amides is 1. The molecular formula is C5H9NO2. The van der Waals surface area contributed by atoms with Crippen molar-refractivity contribution in [3.8, 4) is 0 Å². The van der Waals surface area contributed by atoms with Gasteiger partial charge in [0.1, 0.15) is 0 Å². The van der Waals surface area contributed by atoms with Crippen molar-refractivity contribution in [1.82, 2.24) is 0 Å². The highest BCUT2D eigenvalue weighted by atomic mass is 16.2. The Kier molecular flexibility index (Phi) is 2.69. The second-order valence-corrected chi connectivity index (χ2v) is 1.53. The van der Waals surface area contributed by atoms with Crippen LogP contribution in [0.5, 0.6) is 0 Å². The summed E-state index contributed by atoms with van der Waals surface area (Å²) in [5.74, 6) is -0.810.